The van der Waals surface area contributed by atoms with E-state index in [1.165, 1.54) is 0 Å². The van der Waals surface area contributed by atoms with Gasteiger partial charge in [-0.25, -0.2) is 4.98 Å². The summed E-state index contributed by atoms with van der Waals surface area (Å²) < 4.78 is 7.53. The molecule has 1 atom stereocenters. The summed E-state index contributed by atoms with van der Waals surface area (Å²) >= 11 is 0. The summed E-state index contributed by atoms with van der Waals surface area (Å²) in [6.45, 7) is 6.95. The standard InChI is InChI=1S/C12H21N3O/c1-9(2)6-15-8-14-11(12(15)13)10-4-3-5-16-7-10/h8-10H,3-7,13H2,1-2H3. The van der Waals surface area contributed by atoms with Gasteiger partial charge in [0.15, 0.2) is 0 Å². The van der Waals surface area contributed by atoms with Crippen LogP contribution in [-0.2, 0) is 11.3 Å². The van der Waals surface area contributed by atoms with Crippen molar-refractivity contribution in [2.45, 2.75) is 39.2 Å². The molecule has 1 aliphatic rings. The van der Waals surface area contributed by atoms with Crippen molar-refractivity contribution in [1.29, 1.82) is 0 Å². The number of imidazole rings is 1. The van der Waals surface area contributed by atoms with Gasteiger partial charge in [0, 0.05) is 19.1 Å². The maximum atomic E-state index is 6.13. The SMILES string of the molecule is CC(C)Cn1cnc(C2CCCOC2)c1N. The highest BCUT2D eigenvalue weighted by molar-refractivity contribution is 5.38. The molecule has 1 aromatic rings. The van der Waals surface area contributed by atoms with Crippen molar-refractivity contribution in [3.63, 3.8) is 0 Å². The Morgan fingerprint density at radius 3 is 3.06 bits per heavy atom. The lowest BCUT2D eigenvalue weighted by Gasteiger charge is -2.21. The third-order valence-corrected chi connectivity index (χ3v) is 3.02. The fraction of sp³-hybridized carbons (Fsp3) is 0.750. The second-order valence-corrected chi connectivity index (χ2v) is 4.98. The van der Waals surface area contributed by atoms with Crippen LogP contribution >= 0.6 is 0 Å². The van der Waals surface area contributed by atoms with E-state index >= 15 is 0 Å². The van der Waals surface area contributed by atoms with Gasteiger partial charge in [-0.3, -0.25) is 0 Å². The Labute approximate surface area is 96.8 Å². The first-order valence-electron chi connectivity index (χ1n) is 6.06. The van der Waals surface area contributed by atoms with Crippen LogP contribution in [0.1, 0.15) is 38.3 Å². The highest BCUT2D eigenvalue weighted by Crippen LogP contribution is 2.28. The molecule has 2 rings (SSSR count). The molecule has 0 amide bonds. The van der Waals surface area contributed by atoms with Crippen molar-refractivity contribution in [2.24, 2.45) is 5.92 Å². The Hall–Kier alpha value is -1.03. The Kier molecular flexibility index (Phi) is 3.49. The van der Waals surface area contributed by atoms with Crippen LogP contribution in [0, 0.1) is 5.92 Å². The van der Waals surface area contributed by atoms with Crippen LogP contribution in [0.3, 0.4) is 0 Å². The normalized spacial score (nSPS) is 21.6. The summed E-state index contributed by atoms with van der Waals surface area (Å²) in [5.41, 5.74) is 7.16. The summed E-state index contributed by atoms with van der Waals surface area (Å²) in [5.74, 6) is 1.80. The number of nitrogens with two attached hydrogens (primary N) is 1. The maximum absolute atomic E-state index is 6.13. The number of aromatic nitrogens is 2. The fourth-order valence-corrected chi connectivity index (χ4v) is 2.22. The van der Waals surface area contributed by atoms with E-state index < -0.39 is 0 Å². The largest absolute Gasteiger partial charge is 0.384 e. The number of nitrogens with zero attached hydrogens (tertiary/aromatic N) is 2. The minimum atomic E-state index is 0.391. The zero-order valence-corrected chi connectivity index (χ0v) is 10.1. The molecule has 0 saturated carbocycles. The first-order chi connectivity index (χ1) is 7.68. The van der Waals surface area contributed by atoms with E-state index in [0.29, 0.717) is 11.8 Å². The zero-order valence-electron chi connectivity index (χ0n) is 10.1. The van der Waals surface area contributed by atoms with Crippen molar-refractivity contribution < 1.29 is 4.74 Å². The lowest BCUT2D eigenvalue weighted by atomic mass is 9.98. The number of rotatable bonds is 3. The van der Waals surface area contributed by atoms with Crippen LogP contribution < -0.4 is 5.73 Å². The second kappa shape index (κ2) is 4.87. The molecule has 1 aliphatic heterocycles. The third-order valence-electron chi connectivity index (χ3n) is 3.02. The van der Waals surface area contributed by atoms with E-state index in [9.17, 15) is 0 Å². The number of ether oxygens (including phenoxy) is 1. The number of hydrogen-bond donors (Lipinski definition) is 1. The van der Waals surface area contributed by atoms with Gasteiger partial charge in [-0.2, -0.15) is 0 Å². The van der Waals surface area contributed by atoms with Crippen LogP contribution in [-0.4, -0.2) is 22.8 Å². The molecule has 2 heterocycles. The Morgan fingerprint density at radius 2 is 2.44 bits per heavy atom. The number of hydrogen-bond acceptors (Lipinski definition) is 3. The molecule has 16 heavy (non-hydrogen) atoms. The second-order valence-electron chi connectivity index (χ2n) is 4.98. The first kappa shape index (κ1) is 11.5. The molecular weight excluding hydrogens is 202 g/mol. The van der Waals surface area contributed by atoms with Gasteiger partial charge in [0.05, 0.1) is 18.6 Å². The first-order valence-corrected chi connectivity index (χ1v) is 6.06. The minimum absolute atomic E-state index is 0.391. The fourth-order valence-electron chi connectivity index (χ4n) is 2.22. The molecule has 2 N–H and O–H groups in total. The van der Waals surface area contributed by atoms with Crippen molar-refractivity contribution in [2.75, 3.05) is 18.9 Å². The molecule has 1 fully saturated rings. The van der Waals surface area contributed by atoms with E-state index in [4.69, 9.17) is 10.5 Å². The van der Waals surface area contributed by atoms with E-state index in [1.807, 2.05) is 6.33 Å². The van der Waals surface area contributed by atoms with Crippen molar-refractivity contribution >= 4 is 5.82 Å². The number of nitrogen functional groups attached to an aromatic ring is 1. The van der Waals surface area contributed by atoms with Crippen LogP contribution in [0.2, 0.25) is 0 Å². The molecule has 0 bridgehead atoms. The molecule has 1 saturated heterocycles. The van der Waals surface area contributed by atoms with Gasteiger partial charge in [-0.1, -0.05) is 13.8 Å². The topological polar surface area (TPSA) is 53.1 Å². The van der Waals surface area contributed by atoms with Gasteiger partial charge in [0.1, 0.15) is 5.82 Å². The van der Waals surface area contributed by atoms with Crippen LogP contribution in [0.15, 0.2) is 6.33 Å². The summed E-state index contributed by atoms with van der Waals surface area (Å²) in [4.78, 5) is 4.45. The summed E-state index contributed by atoms with van der Waals surface area (Å²) in [5, 5.41) is 0. The van der Waals surface area contributed by atoms with Crippen LogP contribution in [0.25, 0.3) is 0 Å². The lowest BCUT2D eigenvalue weighted by Crippen LogP contribution is -2.17. The molecule has 90 valence electrons. The smallest absolute Gasteiger partial charge is 0.126 e. The molecular formula is C12H21N3O. The average molecular weight is 223 g/mol. The van der Waals surface area contributed by atoms with Crippen LogP contribution in [0.4, 0.5) is 5.82 Å². The summed E-state index contributed by atoms with van der Waals surface area (Å²) in [6.07, 6.45) is 4.11. The minimum Gasteiger partial charge on any atom is -0.384 e. The molecule has 0 spiro atoms. The molecule has 4 nitrogen and oxygen atoms in total. The predicted octanol–water partition coefficient (Wildman–Crippen LogP) is 2.02. The van der Waals surface area contributed by atoms with E-state index in [0.717, 1.165) is 44.1 Å². The highest BCUT2D eigenvalue weighted by Gasteiger charge is 2.21. The predicted molar refractivity (Wildman–Crippen MR) is 64.3 cm³/mol. The Balaban J connectivity index is 2.12. The number of anilines is 1. The highest BCUT2D eigenvalue weighted by atomic mass is 16.5. The van der Waals surface area contributed by atoms with Crippen molar-refractivity contribution in [1.82, 2.24) is 9.55 Å². The van der Waals surface area contributed by atoms with Crippen molar-refractivity contribution in [3.05, 3.63) is 12.0 Å². The van der Waals surface area contributed by atoms with Gasteiger partial charge in [-0.15, -0.1) is 0 Å². The van der Waals surface area contributed by atoms with Crippen LogP contribution in [0.5, 0.6) is 0 Å². The molecule has 4 heteroatoms. The van der Waals surface area contributed by atoms with Gasteiger partial charge < -0.3 is 15.0 Å². The molecule has 1 aromatic heterocycles. The Bertz CT molecular complexity index is 340. The molecule has 0 aliphatic carbocycles. The van der Waals surface area contributed by atoms with Gasteiger partial charge in [0.2, 0.25) is 0 Å². The molecule has 1 unspecified atom stereocenters. The summed E-state index contributed by atoms with van der Waals surface area (Å²) in [7, 11) is 0. The summed E-state index contributed by atoms with van der Waals surface area (Å²) in [6, 6.07) is 0. The Morgan fingerprint density at radius 1 is 1.62 bits per heavy atom. The quantitative estimate of drug-likeness (QED) is 0.853. The van der Waals surface area contributed by atoms with Gasteiger partial charge in [0.25, 0.3) is 0 Å². The molecule has 0 radical (unpaired) electrons. The van der Waals surface area contributed by atoms with Gasteiger partial charge >= 0.3 is 0 Å². The maximum Gasteiger partial charge on any atom is 0.126 e. The average Bonchev–Trinajstić information content (AvgIpc) is 2.61. The molecule has 0 aromatic carbocycles. The van der Waals surface area contributed by atoms with E-state index in [-0.39, 0.29) is 0 Å². The van der Waals surface area contributed by atoms with Crippen molar-refractivity contribution in [3.8, 4) is 0 Å². The third kappa shape index (κ3) is 2.38. The van der Waals surface area contributed by atoms with Gasteiger partial charge in [-0.05, 0) is 18.8 Å². The lowest BCUT2D eigenvalue weighted by molar-refractivity contribution is 0.0796. The monoisotopic (exact) mass is 223 g/mol. The van der Waals surface area contributed by atoms with E-state index in [1.54, 1.807) is 0 Å². The zero-order chi connectivity index (χ0) is 11.5. The van der Waals surface area contributed by atoms with E-state index in [2.05, 4.69) is 23.4 Å².